The lowest BCUT2D eigenvalue weighted by atomic mass is 10.1. The Balaban J connectivity index is 1.61. The van der Waals surface area contributed by atoms with E-state index in [0.717, 1.165) is 69.4 Å². The second-order valence-electron chi connectivity index (χ2n) is 10.6. The van der Waals surface area contributed by atoms with Crippen LogP contribution < -0.4 is 36.7 Å². The predicted octanol–water partition coefficient (Wildman–Crippen LogP) is 6.89. The van der Waals surface area contributed by atoms with E-state index in [1.54, 1.807) is 11.3 Å². The first-order valence-electron chi connectivity index (χ1n) is 13.3. The van der Waals surface area contributed by atoms with Crippen LogP contribution in [0.3, 0.4) is 0 Å². The number of anilines is 3. The van der Waals surface area contributed by atoms with E-state index in [9.17, 15) is 0 Å². The molecular weight excluding hydrogens is 548 g/mol. The highest BCUT2D eigenvalue weighted by Crippen LogP contribution is 2.62. The van der Waals surface area contributed by atoms with Crippen LogP contribution in [0.15, 0.2) is 115 Å². The average molecular weight is 574 g/mol. The number of benzene rings is 5. The highest BCUT2D eigenvalue weighted by Gasteiger charge is 2.51. The lowest BCUT2D eigenvalue weighted by Crippen LogP contribution is -2.45. The van der Waals surface area contributed by atoms with E-state index in [1.807, 2.05) is 79.7 Å². The van der Waals surface area contributed by atoms with Gasteiger partial charge in [-0.25, -0.2) is 0 Å². The van der Waals surface area contributed by atoms with Crippen molar-refractivity contribution in [2.24, 2.45) is 0 Å². The molecule has 0 bridgehead atoms. The molecule has 0 radical (unpaired) electrons. The van der Waals surface area contributed by atoms with Crippen molar-refractivity contribution in [3.8, 4) is 0 Å². The fraction of sp³-hybridized carbons (Fsp3) is 0.0588. The molecule has 6 heteroatoms. The van der Waals surface area contributed by atoms with Crippen LogP contribution in [0.2, 0.25) is 0 Å². The molecule has 2 aliphatic rings. The van der Waals surface area contributed by atoms with Gasteiger partial charge in [-0.2, -0.15) is 0 Å². The fourth-order valence-electron chi connectivity index (χ4n) is 6.40. The van der Waals surface area contributed by atoms with Crippen molar-refractivity contribution in [3.63, 3.8) is 0 Å². The standard InChI is InChI=1S/C34H25NO2P2S/c1-22-17-18-27-28(19-22)38(36,24-11-5-3-6-12-24)29-20-23(2)21-30-32(29)35(27)34-33(26-15-9-10-16-31(26)40-34)39(30,37)25-13-7-4-8-14-25/h3-21H,1-2H3. The third kappa shape index (κ3) is 3.02. The van der Waals surface area contributed by atoms with Crippen molar-refractivity contribution in [2.45, 2.75) is 13.8 Å². The van der Waals surface area contributed by atoms with E-state index >= 15 is 9.13 Å². The number of rotatable bonds is 2. The zero-order valence-corrected chi connectivity index (χ0v) is 24.6. The highest BCUT2D eigenvalue weighted by molar-refractivity contribution is 7.88. The fourth-order valence-corrected chi connectivity index (χ4v) is 14.6. The van der Waals surface area contributed by atoms with E-state index in [0.29, 0.717) is 0 Å². The van der Waals surface area contributed by atoms with E-state index in [2.05, 4.69) is 54.3 Å². The van der Waals surface area contributed by atoms with Gasteiger partial charge in [-0.1, -0.05) is 90.5 Å². The minimum absolute atomic E-state index is 0.770. The zero-order valence-electron chi connectivity index (χ0n) is 22.0. The molecule has 3 nitrogen and oxygen atoms in total. The number of hydrogen-bond acceptors (Lipinski definition) is 4. The van der Waals surface area contributed by atoms with Gasteiger partial charge in [0.15, 0.2) is 14.3 Å². The summed E-state index contributed by atoms with van der Waals surface area (Å²) in [6, 6.07) is 38.4. The van der Waals surface area contributed by atoms with Gasteiger partial charge >= 0.3 is 0 Å². The summed E-state index contributed by atoms with van der Waals surface area (Å²) < 4.78 is 32.8. The Labute approximate surface area is 237 Å². The summed E-state index contributed by atoms with van der Waals surface area (Å²) >= 11 is 1.67. The molecule has 5 aromatic carbocycles. The van der Waals surface area contributed by atoms with E-state index < -0.39 is 14.3 Å². The van der Waals surface area contributed by atoms with Crippen LogP contribution in [-0.2, 0) is 9.13 Å². The van der Waals surface area contributed by atoms with Crippen molar-refractivity contribution >= 4 is 83.9 Å². The third-order valence-corrected chi connectivity index (χ3v) is 15.7. The maximum absolute atomic E-state index is 15.9. The molecule has 40 heavy (non-hydrogen) atoms. The molecule has 0 fully saturated rings. The quantitative estimate of drug-likeness (QED) is 0.211. The molecule has 0 spiro atoms. The Morgan fingerprint density at radius 2 is 1.18 bits per heavy atom. The summed E-state index contributed by atoms with van der Waals surface area (Å²) in [5.41, 5.74) is 3.75. The predicted molar refractivity (Wildman–Crippen MR) is 172 cm³/mol. The lowest BCUT2D eigenvalue weighted by molar-refractivity contribution is 0.592. The minimum Gasteiger partial charge on any atom is -0.308 e. The lowest BCUT2D eigenvalue weighted by Gasteiger charge is -2.43. The second kappa shape index (κ2) is 8.41. The zero-order chi connectivity index (χ0) is 27.2. The molecule has 1 aromatic heterocycles. The molecule has 2 aliphatic heterocycles. The molecular formula is C34H25NO2P2S. The normalized spacial score (nSPS) is 20.6. The summed E-state index contributed by atoms with van der Waals surface area (Å²) in [5, 5.41) is 6.83. The van der Waals surface area contributed by atoms with Crippen LogP contribution in [0, 0.1) is 13.8 Å². The minimum atomic E-state index is -3.34. The molecule has 2 unspecified atom stereocenters. The number of aryl methyl sites for hydroxylation is 2. The second-order valence-corrected chi connectivity index (χ2v) is 17.0. The molecule has 194 valence electrons. The Bertz CT molecular complexity index is 2100. The van der Waals surface area contributed by atoms with Gasteiger partial charge in [0, 0.05) is 36.6 Å². The summed E-state index contributed by atoms with van der Waals surface area (Å²) in [5.74, 6) is 0. The topological polar surface area (TPSA) is 37.4 Å². The molecule has 2 atom stereocenters. The molecule has 0 N–H and O–H groups in total. The highest BCUT2D eigenvalue weighted by atomic mass is 32.1. The smallest absolute Gasteiger partial charge is 0.176 e. The van der Waals surface area contributed by atoms with Crippen LogP contribution in [0.1, 0.15) is 11.1 Å². The number of fused-ring (bicyclic) bond motifs is 6. The largest absolute Gasteiger partial charge is 0.308 e. The van der Waals surface area contributed by atoms with Crippen LogP contribution in [0.4, 0.5) is 16.4 Å². The number of hydrogen-bond donors (Lipinski definition) is 0. The van der Waals surface area contributed by atoms with Gasteiger partial charge in [0.1, 0.15) is 5.00 Å². The summed E-state index contributed by atoms with van der Waals surface area (Å²) in [7, 11) is -6.63. The summed E-state index contributed by atoms with van der Waals surface area (Å²) in [4.78, 5) is 2.26. The molecule has 3 heterocycles. The molecule has 0 saturated carbocycles. The van der Waals surface area contributed by atoms with E-state index in [1.165, 1.54) is 0 Å². The monoisotopic (exact) mass is 573 g/mol. The SMILES string of the molecule is Cc1ccc2c(c1)P(=O)(c1ccccc1)c1cc(C)cc3c1N2c1sc2ccccc2c1P3(=O)c1ccccc1. The molecule has 8 rings (SSSR count). The van der Waals surface area contributed by atoms with E-state index in [-0.39, 0.29) is 0 Å². The van der Waals surface area contributed by atoms with Gasteiger partial charge in [-0.05, 0) is 49.7 Å². The molecule has 0 aliphatic carbocycles. The first kappa shape index (κ1) is 24.1. The van der Waals surface area contributed by atoms with Gasteiger partial charge in [0.2, 0.25) is 0 Å². The van der Waals surface area contributed by atoms with E-state index in [4.69, 9.17) is 0 Å². The van der Waals surface area contributed by atoms with Crippen LogP contribution >= 0.6 is 25.6 Å². The van der Waals surface area contributed by atoms with Gasteiger partial charge in [0.05, 0.1) is 16.7 Å². The molecule has 6 aromatic rings. The Morgan fingerprint density at radius 3 is 1.88 bits per heavy atom. The van der Waals surface area contributed by atoms with Crippen LogP contribution in [0.5, 0.6) is 0 Å². The molecule has 0 amide bonds. The first-order chi connectivity index (χ1) is 19.4. The van der Waals surface area contributed by atoms with Gasteiger partial charge < -0.3 is 9.13 Å². The van der Waals surface area contributed by atoms with Crippen molar-refractivity contribution in [1.29, 1.82) is 0 Å². The number of thiophene rings is 1. The Kier molecular flexibility index (Phi) is 5.08. The Hall–Kier alpha value is -3.68. The Morgan fingerprint density at radius 1 is 0.600 bits per heavy atom. The maximum atomic E-state index is 15.9. The van der Waals surface area contributed by atoms with Gasteiger partial charge in [0.25, 0.3) is 0 Å². The van der Waals surface area contributed by atoms with Crippen molar-refractivity contribution in [3.05, 3.63) is 126 Å². The van der Waals surface area contributed by atoms with Gasteiger partial charge in [-0.3, -0.25) is 4.90 Å². The van der Waals surface area contributed by atoms with Crippen molar-refractivity contribution in [2.75, 3.05) is 4.90 Å². The van der Waals surface area contributed by atoms with Gasteiger partial charge in [-0.15, -0.1) is 11.3 Å². The molecule has 0 saturated heterocycles. The van der Waals surface area contributed by atoms with Crippen LogP contribution in [0.25, 0.3) is 10.1 Å². The van der Waals surface area contributed by atoms with Crippen molar-refractivity contribution in [1.82, 2.24) is 0 Å². The maximum Gasteiger partial charge on any atom is 0.176 e. The average Bonchev–Trinajstić information content (AvgIpc) is 3.38. The van der Waals surface area contributed by atoms with Crippen LogP contribution in [-0.4, -0.2) is 0 Å². The third-order valence-electron chi connectivity index (χ3n) is 8.14. The van der Waals surface area contributed by atoms with Crippen molar-refractivity contribution < 1.29 is 9.13 Å². The summed E-state index contributed by atoms with van der Waals surface area (Å²) in [6.07, 6.45) is 0. The number of nitrogens with zero attached hydrogens (tertiary/aromatic N) is 1. The summed E-state index contributed by atoms with van der Waals surface area (Å²) in [6.45, 7) is 4.08. The first-order valence-corrected chi connectivity index (χ1v) is 17.6.